The van der Waals surface area contributed by atoms with Crippen LogP contribution < -0.4 is 0 Å². The lowest BCUT2D eigenvalue weighted by Crippen LogP contribution is -2.11. The molecule has 0 aliphatic heterocycles. The zero-order valence-electron chi connectivity index (χ0n) is 7.63. The molecule has 0 saturated carbocycles. The first-order valence-corrected chi connectivity index (χ1v) is 4.15. The Balaban J connectivity index is 2.74. The highest BCUT2D eigenvalue weighted by Gasteiger charge is 2.15. The lowest BCUT2D eigenvalue weighted by atomic mass is 9.89. The molecule has 0 bridgehead atoms. The lowest BCUT2D eigenvalue weighted by Gasteiger charge is -2.15. The Morgan fingerprint density at radius 2 is 2.25 bits per heavy atom. The average molecular weight is 162 g/mol. The van der Waals surface area contributed by atoms with E-state index in [1.54, 1.807) is 6.92 Å². The van der Waals surface area contributed by atoms with Crippen LogP contribution in [0.15, 0.2) is 36.0 Å². The highest BCUT2D eigenvalue weighted by atomic mass is 16.1. The fourth-order valence-electron chi connectivity index (χ4n) is 1.27. The minimum absolute atomic E-state index is 0.0710. The van der Waals surface area contributed by atoms with Crippen LogP contribution >= 0.6 is 0 Å². The first kappa shape index (κ1) is 8.98. The second-order valence-corrected chi connectivity index (χ2v) is 3.28. The van der Waals surface area contributed by atoms with Crippen LogP contribution in [0.2, 0.25) is 0 Å². The molecular formula is C11H14O. The normalized spacial score (nSPS) is 21.8. The summed E-state index contributed by atoms with van der Waals surface area (Å²) in [6, 6.07) is 0. The lowest BCUT2D eigenvalue weighted by molar-refractivity contribution is -0.119. The number of carbonyl (C=O) groups is 1. The van der Waals surface area contributed by atoms with Gasteiger partial charge in [-0.05, 0) is 25.8 Å². The van der Waals surface area contributed by atoms with Gasteiger partial charge in [0.05, 0.1) is 0 Å². The summed E-state index contributed by atoms with van der Waals surface area (Å²) in [6.45, 7) is 7.47. The van der Waals surface area contributed by atoms with Crippen molar-refractivity contribution < 1.29 is 4.79 Å². The molecule has 0 saturated heterocycles. The van der Waals surface area contributed by atoms with Gasteiger partial charge in [-0.2, -0.15) is 0 Å². The van der Waals surface area contributed by atoms with E-state index in [0.717, 1.165) is 12.0 Å². The van der Waals surface area contributed by atoms with Gasteiger partial charge < -0.3 is 0 Å². The van der Waals surface area contributed by atoms with Crippen LogP contribution in [0.4, 0.5) is 0 Å². The molecule has 0 aromatic rings. The predicted octanol–water partition coefficient (Wildman–Crippen LogP) is 2.65. The maximum Gasteiger partial charge on any atom is 0.136 e. The van der Waals surface area contributed by atoms with Gasteiger partial charge in [-0.3, -0.25) is 4.79 Å². The summed E-state index contributed by atoms with van der Waals surface area (Å²) in [5, 5.41) is 0. The maximum absolute atomic E-state index is 11.1. The van der Waals surface area contributed by atoms with Gasteiger partial charge in [0.25, 0.3) is 0 Å². The van der Waals surface area contributed by atoms with Crippen LogP contribution in [-0.2, 0) is 4.79 Å². The third kappa shape index (κ3) is 1.94. The summed E-state index contributed by atoms with van der Waals surface area (Å²) in [4.78, 5) is 11.1. The van der Waals surface area contributed by atoms with E-state index in [0.29, 0.717) is 0 Å². The monoisotopic (exact) mass is 162 g/mol. The topological polar surface area (TPSA) is 17.1 Å². The number of hydrogen-bond acceptors (Lipinski definition) is 1. The van der Waals surface area contributed by atoms with E-state index in [1.165, 1.54) is 5.57 Å². The molecule has 1 atom stereocenters. The minimum Gasteiger partial charge on any atom is -0.299 e. The van der Waals surface area contributed by atoms with Crippen molar-refractivity contribution in [2.45, 2.75) is 20.3 Å². The van der Waals surface area contributed by atoms with Crippen LogP contribution in [0.5, 0.6) is 0 Å². The summed E-state index contributed by atoms with van der Waals surface area (Å²) in [7, 11) is 0. The van der Waals surface area contributed by atoms with Crippen molar-refractivity contribution in [2.24, 2.45) is 5.92 Å². The minimum atomic E-state index is 0.0710. The molecule has 1 aliphatic rings. The van der Waals surface area contributed by atoms with Crippen molar-refractivity contribution in [3.05, 3.63) is 36.0 Å². The van der Waals surface area contributed by atoms with Gasteiger partial charge in [0.2, 0.25) is 0 Å². The van der Waals surface area contributed by atoms with E-state index in [2.05, 4.69) is 6.58 Å². The summed E-state index contributed by atoms with van der Waals surface area (Å²) in [6.07, 6.45) is 6.75. The van der Waals surface area contributed by atoms with Crippen molar-refractivity contribution in [1.82, 2.24) is 0 Å². The maximum atomic E-state index is 11.1. The Kier molecular flexibility index (Phi) is 2.64. The van der Waals surface area contributed by atoms with Crippen molar-refractivity contribution in [3.63, 3.8) is 0 Å². The Hall–Kier alpha value is -1.11. The van der Waals surface area contributed by atoms with Gasteiger partial charge >= 0.3 is 0 Å². The number of Topliss-reactive ketones (excluding diaryl/α,β-unsaturated/α-hetero) is 1. The Labute approximate surface area is 73.5 Å². The Bertz CT molecular complexity index is 269. The zero-order chi connectivity index (χ0) is 9.14. The van der Waals surface area contributed by atoms with Crippen molar-refractivity contribution in [2.75, 3.05) is 0 Å². The molecule has 0 aromatic heterocycles. The van der Waals surface area contributed by atoms with Crippen molar-refractivity contribution in [1.29, 1.82) is 0 Å². The molecule has 1 heteroatoms. The number of allylic oxidation sites excluding steroid dienone is 5. The number of hydrogen-bond donors (Lipinski definition) is 0. The average Bonchev–Trinajstić information content (AvgIpc) is 2.04. The molecule has 0 amide bonds. The summed E-state index contributed by atoms with van der Waals surface area (Å²) < 4.78 is 0. The second-order valence-electron chi connectivity index (χ2n) is 3.28. The van der Waals surface area contributed by atoms with E-state index in [4.69, 9.17) is 0 Å². The molecule has 1 aliphatic carbocycles. The van der Waals surface area contributed by atoms with E-state index in [-0.39, 0.29) is 11.7 Å². The highest BCUT2D eigenvalue weighted by Crippen LogP contribution is 2.23. The van der Waals surface area contributed by atoms with Gasteiger partial charge in [-0.1, -0.05) is 30.4 Å². The third-order valence-corrected chi connectivity index (χ3v) is 2.15. The van der Waals surface area contributed by atoms with E-state index in [1.807, 2.05) is 25.2 Å². The third-order valence-electron chi connectivity index (χ3n) is 2.15. The smallest absolute Gasteiger partial charge is 0.136 e. The molecule has 1 rings (SSSR count). The van der Waals surface area contributed by atoms with Crippen LogP contribution in [0.3, 0.4) is 0 Å². The Morgan fingerprint density at radius 1 is 1.58 bits per heavy atom. The van der Waals surface area contributed by atoms with Crippen LogP contribution in [0, 0.1) is 5.92 Å². The first-order chi connectivity index (χ1) is 5.61. The van der Waals surface area contributed by atoms with E-state index >= 15 is 0 Å². The molecule has 12 heavy (non-hydrogen) atoms. The SMILES string of the molecule is C=C(C)C1=CC=CC(C(C)=O)C1. The fourth-order valence-corrected chi connectivity index (χ4v) is 1.27. The molecule has 0 fully saturated rings. The van der Waals surface area contributed by atoms with Crippen LogP contribution in [0.1, 0.15) is 20.3 Å². The quantitative estimate of drug-likeness (QED) is 0.610. The zero-order valence-corrected chi connectivity index (χ0v) is 7.63. The number of rotatable bonds is 2. The van der Waals surface area contributed by atoms with Crippen molar-refractivity contribution >= 4 is 5.78 Å². The molecule has 0 aromatic carbocycles. The predicted molar refractivity (Wildman–Crippen MR) is 50.8 cm³/mol. The summed E-state index contributed by atoms with van der Waals surface area (Å²) >= 11 is 0. The van der Waals surface area contributed by atoms with Gasteiger partial charge in [0, 0.05) is 5.92 Å². The molecule has 64 valence electrons. The standard InChI is InChI=1S/C11H14O/c1-8(2)10-5-4-6-11(7-10)9(3)12/h4-6,11H,1,7H2,2-3H3. The molecule has 1 nitrogen and oxygen atoms in total. The van der Waals surface area contributed by atoms with E-state index in [9.17, 15) is 4.79 Å². The molecule has 0 spiro atoms. The van der Waals surface area contributed by atoms with Gasteiger partial charge in [0.15, 0.2) is 0 Å². The van der Waals surface area contributed by atoms with Gasteiger partial charge in [-0.25, -0.2) is 0 Å². The van der Waals surface area contributed by atoms with Gasteiger partial charge in [-0.15, -0.1) is 0 Å². The molecule has 1 unspecified atom stereocenters. The van der Waals surface area contributed by atoms with Crippen LogP contribution in [0.25, 0.3) is 0 Å². The number of ketones is 1. The molecular weight excluding hydrogens is 148 g/mol. The number of carbonyl (C=O) groups excluding carboxylic acids is 1. The molecule has 0 N–H and O–H groups in total. The van der Waals surface area contributed by atoms with Crippen molar-refractivity contribution in [3.8, 4) is 0 Å². The van der Waals surface area contributed by atoms with Gasteiger partial charge in [0.1, 0.15) is 5.78 Å². The summed E-state index contributed by atoms with van der Waals surface area (Å²) in [5.74, 6) is 0.305. The molecule has 0 heterocycles. The second kappa shape index (κ2) is 3.53. The molecule has 0 radical (unpaired) electrons. The Morgan fingerprint density at radius 3 is 2.75 bits per heavy atom. The largest absolute Gasteiger partial charge is 0.299 e. The van der Waals surface area contributed by atoms with E-state index < -0.39 is 0 Å². The first-order valence-electron chi connectivity index (χ1n) is 4.15. The highest BCUT2D eigenvalue weighted by molar-refractivity contribution is 5.81. The summed E-state index contributed by atoms with van der Waals surface area (Å²) in [5.41, 5.74) is 2.25. The van der Waals surface area contributed by atoms with Crippen LogP contribution in [-0.4, -0.2) is 5.78 Å². The fraction of sp³-hybridized carbons (Fsp3) is 0.364.